The van der Waals surface area contributed by atoms with Crippen molar-refractivity contribution >= 4 is 27.6 Å². The SMILES string of the molecule is Cc1ccc(-c2[c-]cccc2)nc1.[C-]#[N+]c1cccc2oc3c(-c4ccccn4)[c-]ccc3c12.[Ir]. The minimum atomic E-state index is 0. The Bertz CT molecular complexity index is 1600. The van der Waals surface area contributed by atoms with E-state index in [2.05, 4.69) is 33.0 Å². The summed E-state index contributed by atoms with van der Waals surface area (Å²) in [5, 5.41) is 1.78. The molecule has 0 aliphatic carbocycles. The van der Waals surface area contributed by atoms with Gasteiger partial charge in [0.25, 0.3) is 0 Å². The number of hydrogen-bond donors (Lipinski definition) is 0. The Hall–Kier alpha value is -4.10. The monoisotopic (exact) mass is 630 g/mol. The topological polar surface area (TPSA) is 43.3 Å². The minimum Gasteiger partial charge on any atom is -0.502 e. The molecule has 5 heteroatoms. The molecule has 0 aliphatic rings. The van der Waals surface area contributed by atoms with Gasteiger partial charge in [0.1, 0.15) is 5.58 Å². The van der Waals surface area contributed by atoms with E-state index in [0.717, 1.165) is 44.5 Å². The van der Waals surface area contributed by atoms with E-state index in [-0.39, 0.29) is 20.1 Å². The van der Waals surface area contributed by atoms with Crippen LogP contribution in [0.4, 0.5) is 5.69 Å². The third-order valence-electron chi connectivity index (χ3n) is 5.37. The summed E-state index contributed by atoms with van der Waals surface area (Å²) in [6.45, 7) is 9.35. The van der Waals surface area contributed by atoms with Crippen molar-refractivity contribution in [3.8, 4) is 22.5 Å². The van der Waals surface area contributed by atoms with Gasteiger partial charge < -0.3 is 14.4 Å². The van der Waals surface area contributed by atoms with Gasteiger partial charge in [-0.05, 0) is 36.0 Å². The fourth-order valence-electron chi connectivity index (χ4n) is 3.75. The molecule has 3 heterocycles. The predicted octanol–water partition coefficient (Wildman–Crippen LogP) is 7.85. The van der Waals surface area contributed by atoms with Crippen molar-refractivity contribution in [1.29, 1.82) is 0 Å². The van der Waals surface area contributed by atoms with Crippen molar-refractivity contribution in [2.24, 2.45) is 0 Å². The molecule has 4 nitrogen and oxygen atoms in total. The van der Waals surface area contributed by atoms with Gasteiger partial charge in [0, 0.05) is 37.9 Å². The van der Waals surface area contributed by atoms with E-state index >= 15 is 0 Å². The van der Waals surface area contributed by atoms with Crippen LogP contribution in [0.15, 0.2) is 102 Å². The maximum Gasteiger partial charge on any atom is 0.197 e. The summed E-state index contributed by atoms with van der Waals surface area (Å²) in [5.41, 5.74) is 6.88. The summed E-state index contributed by atoms with van der Waals surface area (Å²) >= 11 is 0. The molecule has 3 aromatic heterocycles. The Balaban J connectivity index is 0.000000179. The number of pyridine rings is 2. The standard InChI is InChI=1S/C18H9N2O.C12H10N.Ir/c1-19-15-9-5-10-16-17(15)13-7-4-6-12(18(13)21-16)14-8-2-3-11-20-14;1-10-7-8-12(13-9-10)11-5-3-2-4-6-11;/h2-5,7-11H;2-5,7-9H,1H3;/q2*-1;. The molecule has 0 amide bonds. The average Bonchev–Trinajstić information content (AvgIpc) is 3.30. The summed E-state index contributed by atoms with van der Waals surface area (Å²) in [7, 11) is 0. The van der Waals surface area contributed by atoms with Gasteiger partial charge in [-0.15, -0.1) is 54.1 Å². The van der Waals surface area contributed by atoms with Crippen molar-refractivity contribution in [3.05, 3.63) is 126 Å². The fourth-order valence-corrected chi connectivity index (χ4v) is 3.75. The first-order valence-corrected chi connectivity index (χ1v) is 10.8. The third-order valence-corrected chi connectivity index (χ3v) is 5.37. The number of rotatable bonds is 2. The van der Waals surface area contributed by atoms with Crippen LogP contribution in [0, 0.1) is 25.6 Å². The van der Waals surface area contributed by atoms with Gasteiger partial charge in [-0.3, -0.25) is 0 Å². The number of aromatic nitrogens is 2. The normalized spacial score (nSPS) is 10.2. The summed E-state index contributed by atoms with van der Waals surface area (Å²) in [6, 6.07) is 33.3. The van der Waals surface area contributed by atoms with Crippen LogP contribution < -0.4 is 0 Å². The van der Waals surface area contributed by atoms with Crippen molar-refractivity contribution in [1.82, 2.24) is 9.97 Å². The van der Waals surface area contributed by atoms with Crippen LogP contribution in [0.2, 0.25) is 0 Å². The Kier molecular flexibility index (Phi) is 7.47. The number of fused-ring (bicyclic) bond motifs is 3. The zero-order chi connectivity index (χ0) is 23.3. The number of nitrogens with zero attached hydrogens (tertiary/aromatic N) is 3. The number of hydrogen-bond acceptors (Lipinski definition) is 3. The Morgan fingerprint density at radius 3 is 2.43 bits per heavy atom. The van der Waals surface area contributed by atoms with Gasteiger partial charge in [-0.25, -0.2) is 4.85 Å². The molecule has 0 aliphatic heterocycles. The molecular formula is C30H19IrN3O-2. The van der Waals surface area contributed by atoms with E-state index in [1.165, 1.54) is 5.56 Å². The number of furan rings is 1. The summed E-state index contributed by atoms with van der Waals surface area (Å²) in [5.74, 6) is 0. The molecule has 0 spiro atoms. The van der Waals surface area contributed by atoms with Crippen LogP contribution in [0.5, 0.6) is 0 Å². The van der Waals surface area contributed by atoms with Crippen molar-refractivity contribution < 1.29 is 24.5 Å². The van der Waals surface area contributed by atoms with Gasteiger partial charge in [0.2, 0.25) is 0 Å². The molecule has 0 N–H and O–H groups in total. The number of benzene rings is 3. The van der Waals surface area contributed by atoms with Crippen molar-refractivity contribution in [2.75, 3.05) is 0 Å². The second-order valence-corrected chi connectivity index (χ2v) is 7.67. The van der Waals surface area contributed by atoms with Crippen LogP contribution >= 0.6 is 0 Å². The molecule has 3 aromatic carbocycles. The van der Waals surface area contributed by atoms with E-state index in [1.807, 2.05) is 85.9 Å². The summed E-state index contributed by atoms with van der Waals surface area (Å²) in [4.78, 5) is 12.3. The Morgan fingerprint density at radius 2 is 1.71 bits per heavy atom. The zero-order valence-electron chi connectivity index (χ0n) is 18.8. The van der Waals surface area contributed by atoms with Gasteiger partial charge >= 0.3 is 0 Å². The minimum absolute atomic E-state index is 0. The van der Waals surface area contributed by atoms with Gasteiger partial charge in [-0.2, -0.15) is 0 Å². The van der Waals surface area contributed by atoms with Crippen LogP contribution in [-0.4, -0.2) is 9.97 Å². The molecular weight excluding hydrogens is 611 g/mol. The quantitative estimate of drug-likeness (QED) is 0.183. The summed E-state index contributed by atoms with van der Waals surface area (Å²) < 4.78 is 5.97. The maximum atomic E-state index is 7.32. The van der Waals surface area contributed by atoms with Crippen LogP contribution in [0.3, 0.4) is 0 Å². The first-order valence-electron chi connectivity index (χ1n) is 10.8. The molecule has 0 atom stereocenters. The first kappa shape index (κ1) is 24.0. The molecule has 35 heavy (non-hydrogen) atoms. The number of aryl methyl sites for hydroxylation is 1. The molecule has 0 saturated heterocycles. The maximum absolute atomic E-state index is 7.32. The third kappa shape index (κ3) is 5.05. The van der Waals surface area contributed by atoms with E-state index in [9.17, 15) is 0 Å². The molecule has 0 unspecified atom stereocenters. The second kappa shape index (κ2) is 10.9. The van der Waals surface area contributed by atoms with E-state index < -0.39 is 0 Å². The van der Waals surface area contributed by atoms with E-state index in [4.69, 9.17) is 11.0 Å². The van der Waals surface area contributed by atoms with Gasteiger partial charge in [0.05, 0.1) is 12.2 Å². The van der Waals surface area contributed by atoms with Crippen LogP contribution in [0.1, 0.15) is 5.56 Å². The zero-order valence-corrected chi connectivity index (χ0v) is 21.2. The van der Waals surface area contributed by atoms with E-state index in [1.54, 1.807) is 12.3 Å². The largest absolute Gasteiger partial charge is 0.502 e. The Labute approximate surface area is 217 Å². The predicted molar refractivity (Wildman–Crippen MR) is 135 cm³/mol. The van der Waals surface area contributed by atoms with Crippen molar-refractivity contribution in [2.45, 2.75) is 6.92 Å². The average molecular weight is 630 g/mol. The second-order valence-electron chi connectivity index (χ2n) is 7.67. The molecule has 6 aromatic rings. The molecule has 0 saturated carbocycles. The smallest absolute Gasteiger partial charge is 0.197 e. The molecule has 0 fully saturated rings. The molecule has 0 bridgehead atoms. The molecule has 1 radical (unpaired) electrons. The Morgan fingerprint density at radius 1 is 0.829 bits per heavy atom. The summed E-state index contributed by atoms with van der Waals surface area (Å²) in [6.07, 6.45) is 3.62. The van der Waals surface area contributed by atoms with Crippen LogP contribution in [0.25, 0.3) is 49.3 Å². The van der Waals surface area contributed by atoms with Gasteiger partial charge in [0.15, 0.2) is 5.69 Å². The molecule has 6 rings (SSSR count). The van der Waals surface area contributed by atoms with Crippen molar-refractivity contribution in [3.63, 3.8) is 0 Å². The van der Waals surface area contributed by atoms with Gasteiger partial charge in [-0.1, -0.05) is 47.3 Å². The van der Waals surface area contributed by atoms with Crippen LogP contribution in [-0.2, 0) is 20.1 Å². The molecule has 171 valence electrons. The van der Waals surface area contributed by atoms with E-state index in [0.29, 0.717) is 5.69 Å². The fraction of sp³-hybridized carbons (Fsp3) is 0.0333. The first-order chi connectivity index (χ1) is 16.7.